The van der Waals surface area contributed by atoms with Gasteiger partial charge in [0.25, 0.3) is 11.6 Å². The number of nitrogens with zero attached hydrogens (tertiary/aromatic N) is 3. The number of morpholine rings is 2. The van der Waals surface area contributed by atoms with E-state index < -0.39 is 4.92 Å². The molecule has 0 bridgehead atoms. The molecule has 2 heterocycles. The lowest BCUT2D eigenvalue weighted by atomic mass is 9.92. The van der Waals surface area contributed by atoms with Crippen LogP contribution in [0.1, 0.15) is 37.0 Å². The first kappa shape index (κ1) is 23.4. The van der Waals surface area contributed by atoms with Crippen LogP contribution in [-0.2, 0) is 9.47 Å². The Morgan fingerprint density at radius 3 is 2.29 bits per heavy atom. The lowest BCUT2D eigenvalue weighted by Crippen LogP contribution is -2.52. The largest absolute Gasteiger partial charge is 0.379 e. The summed E-state index contributed by atoms with van der Waals surface area (Å²) >= 11 is 0. The van der Waals surface area contributed by atoms with Crippen LogP contribution in [0, 0.1) is 16.0 Å². The van der Waals surface area contributed by atoms with Crippen LogP contribution in [0.25, 0.3) is 0 Å². The number of nitro benzene ring substituents is 1. The molecule has 2 fully saturated rings. The maximum Gasteiger partial charge on any atom is 0.270 e. The number of rotatable bonds is 9. The molecule has 2 aliphatic rings. The Morgan fingerprint density at radius 2 is 1.71 bits per heavy atom. The number of hydrogen-bond acceptors (Lipinski definition) is 7. The van der Waals surface area contributed by atoms with Gasteiger partial charge in [-0.25, -0.2) is 0 Å². The number of anilines is 1. The van der Waals surface area contributed by atoms with Gasteiger partial charge in [0.2, 0.25) is 0 Å². The summed E-state index contributed by atoms with van der Waals surface area (Å²) in [5.41, 5.74) is 0.991. The zero-order chi connectivity index (χ0) is 22.2. The molecule has 1 N–H and O–H groups in total. The van der Waals surface area contributed by atoms with Gasteiger partial charge in [-0.2, -0.15) is 0 Å². The second-order valence-corrected chi connectivity index (χ2v) is 8.06. The minimum Gasteiger partial charge on any atom is -0.379 e. The van der Waals surface area contributed by atoms with Gasteiger partial charge in [0.1, 0.15) is 0 Å². The van der Waals surface area contributed by atoms with Crippen molar-refractivity contribution in [3.8, 4) is 0 Å². The first-order valence-electron chi connectivity index (χ1n) is 11.3. The molecular formula is C22H34N4O5. The fourth-order valence-corrected chi connectivity index (χ4v) is 4.53. The highest BCUT2D eigenvalue weighted by atomic mass is 16.6. The van der Waals surface area contributed by atoms with Crippen molar-refractivity contribution in [3.05, 3.63) is 33.9 Å². The van der Waals surface area contributed by atoms with E-state index in [1.165, 1.54) is 12.1 Å². The van der Waals surface area contributed by atoms with Crippen molar-refractivity contribution < 1.29 is 19.2 Å². The molecule has 1 unspecified atom stereocenters. The quantitative estimate of drug-likeness (QED) is 0.470. The normalized spacial score (nSPS) is 18.7. The standard InChI is InChI=1S/C22H34N4O5/c1-3-17(4-2)21(25-9-13-31-14-10-25)16-23-22(27)19-15-18(26(28)29)5-6-20(19)24-7-11-30-12-8-24/h5-6,15,17,21H,3-4,7-14,16H2,1-2H3,(H,23,27). The van der Waals surface area contributed by atoms with Gasteiger partial charge in [0.05, 0.1) is 42.6 Å². The Morgan fingerprint density at radius 1 is 1.10 bits per heavy atom. The van der Waals surface area contributed by atoms with E-state index in [2.05, 4.69) is 29.0 Å². The topological polar surface area (TPSA) is 97.2 Å². The summed E-state index contributed by atoms with van der Waals surface area (Å²) in [4.78, 5) is 28.6. The third-order valence-corrected chi connectivity index (χ3v) is 6.37. The Labute approximate surface area is 183 Å². The van der Waals surface area contributed by atoms with Crippen LogP contribution in [0.15, 0.2) is 18.2 Å². The van der Waals surface area contributed by atoms with E-state index in [0.29, 0.717) is 57.5 Å². The smallest absolute Gasteiger partial charge is 0.270 e. The highest BCUT2D eigenvalue weighted by Crippen LogP contribution is 2.27. The zero-order valence-electron chi connectivity index (χ0n) is 18.5. The third kappa shape index (κ3) is 5.93. The number of hydrogen-bond donors (Lipinski definition) is 1. The van der Waals surface area contributed by atoms with E-state index in [9.17, 15) is 14.9 Å². The number of non-ortho nitro benzene ring substituents is 1. The zero-order valence-corrected chi connectivity index (χ0v) is 18.5. The molecule has 0 saturated carbocycles. The number of amides is 1. The van der Waals surface area contributed by atoms with Crippen LogP contribution in [0.3, 0.4) is 0 Å². The van der Waals surface area contributed by atoms with Crippen molar-refractivity contribution in [2.45, 2.75) is 32.7 Å². The summed E-state index contributed by atoms with van der Waals surface area (Å²) in [5, 5.41) is 14.4. The van der Waals surface area contributed by atoms with Crippen LogP contribution in [0.5, 0.6) is 0 Å². The maximum absolute atomic E-state index is 13.2. The van der Waals surface area contributed by atoms with Gasteiger partial charge in [-0.1, -0.05) is 26.7 Å². The number of carbonyl (C=O) groups is 1. The Kier molecular flexibility index (Phi) is 8.62. The Balaban J connectivity index is 1.79. The highest BCUT2D eigenvalue weighted by Gasteiger charge is 2.28. The summed E-state index contributed by atoms with van der Waals surface area (Å²) in [7, 11) is 0. The Hall–Kier alpha value is -2.23. The third-order valence-electron chi connectivity index (χ3n) is 6.37. The fraction of sp³-hybridized carbons (Fsp3) is 0.682. The van der Waals surface area contributed by atoms with Crippen molar-refractivity contribution >= 4 is 17.3 Å². The Bertz CT molecular complexity index is 743. The van der Waals surface area contributed by atoms with E-state index in [1.54, 1.807) is 6.07 Å². The summed E-state index contributed by atoms with van der Waals surface area (Å²) in [5.74, 6) is 0.191. The number of carbonyl (C=O) groups excluding carboxylic acids is 1. The van der Waals surface area contributed by atoms with E-state index in [1.807, 2.05) is 0 Å². The monoisotopic (exact) mass is 434 g/mol. The molecule has 1 amide bonds. The molecular weight excluding hydrogens is 400 g/mol. The van der Waals surface area contributed by atoms with Crippen molar-refractivity contribution in [2.24, 2.45) is 5.92 Å². The van der Waals surface area contributed by atoms with E-state index in [-0.39, 0.29) is 17.6 Å². The molecule has 2 saturated heterocycles. The lowest BCUT2D eigenvalue weighted by molar-refractivity contribution is -0.384. The number of nitrogens with one attached hydrogen (secondary N) is 1. The SMILES string of the molecule is CCC(CC)C(CNC(=O)c1cc([N+](=O)[O-])ccc1N1CCOCC1)N1CCOCC1. The number of ether oxygens (including phenoxy) is 2. The molecule has 172 valence electrons. The molecule has 31 heavy (non-hydrogen) atoms. The van der Waals surface area contributed by atoms with Crippen LogP contribution in [-0.4, -0.2) is 80.9 Å². The molecule has 1 aromatic carbocycles. The molecule has 9 heteroatoms. The molecule has 0 radical (unpaired) electrons. The first-order valence-corrected chi connectivity index (χ1v) is 11.3. The molecule has 0 spiro atoms. The predicted molar refractivity (Wildman–Crippen MR) is 119 cm³/mol. The average Bonchev–Trinajstić information content (AvgIpc) is 2.82. The van der Waals surface area contributed by atoms with Gasteiger partial charge in [0.15, 0.2) is 0 Å². The van der Waals surface area contributed by atoms with Crippen molar-refractivity contribution in [2.75, 3.05) is 64.1 Å². The van der Waals surface area contributed by atoms with Gasteiger partial charge in [-0.15, -0.1) is 0 Å². The van der Waals surface area contributed by atoms with Crippen LogP contribution in [0.4, 0.5) is 11.4 Å². The molecule has 1 atom stereocenters. The van der Waals surface area contributed by atoms with Crippen LogP contribution < -0.4 is 10.2 Å². The van der Waals surface area contributed by atoms with E-state index in [0.717, 1.165) is 31.6 Å². The van der Waals surface area contributed by atoms with Gasteiger partial charge < -0.3 is 19.7 Å². The van der Waals surface area contributed by atoms with Gasteiger partial charge in [-0.05, 0) is 12.0 Å². The van der Waals surface area contributed by atoms with Crippen molar-refractivity contribution in [1.29, 1.82) is 0 Å². The van der Waals surface area contributed by atoms with Crippen LogP contribution >= 0.6 is 0 Å². The average molecular weight is 435 g/mol. The predicted octanol–water partition coefficient (Wildman–Crippen LogP) is 2.30. The summed E-state index contributed by atoms with van der Waals surface area (Å²) in [6, 6.07) is 4.75. The van der Waals surface area contributed by atoms with Gasteiger partial charge in [-0.3, -0.25) is 19.8 Å². The molecule has 0 aromatic heterocycles. The molecule has 1 aromatic rings. The molecule has 9 nitrogen and oxygen atoms in total. The first-order chi connectivity index (χ1) is 15.0. The molecule has 0 aliphatic carbocycles. The minimum atomic E-state index is -0.458. The van der Waals surface area contributed by atoms with Gasteiger partial charge >= 0.3 is 0 Å². The second kappa shape index (κ2) is 11.4. The van der Waals surface area contributed by atoms with Crippen molar-refractivity contribution in [3.63, 3.8) is 0 Å². The highest BCUT2D eigenvalue weighted by molar-refractivity contribution is 6.00. The van der Waals surface area contributed by atoms with E-state index in [4.69, 9.17) is 9.47 Å². The van der Waals surface area contributed by atoms with E-state index >= 15 is 0 Å². The summed E-state index contributed by atoms with van der Waals surface area (Å²) in [6.07, 6.45) is 2.06. The van der Waals surface area contributed by atoms with Gasteiger partial charge in [0, 0.05) is 50.9 Å². The lowest BCUT2D eigenvalue weighted by Gasteiger charge is -2.39. The van der Waals surface area contributed by atoms with Crippen molar-refractivity contribution in [1.82, 2.24) is 10.2 Å². The maximum atomic E-state index is 13.2. The summed E-state index contributed by atoms with van der Waals surface area (Å²) in [6.45, 7) is 10.5. The number of nitro groups is 1. The molecule has 2 aliphatic heterocycles. The second-order valence-electron chi connectivity index (χ2n) is 8.06. The fourth-order valence-electron chi connectivity index (χ4n) is 4.53. The summed E-state index contributed by atoms with van der Waals surface area (Å²) < 4.78 is 10.9. The van der Waals surface area contributed by atoms with Crippen LogP contribution in [0.2, 0.25) is 0 Å². The number of benzene rings is 1. The molecule has 3 rings (SSSR count). The minimum absolute atomic E-state index is 0.0770.